The maximum atomic E-state index is 13.5. The predicted molar refractivity (Wildman–Crippen MR) is 72.1 cm³/mol. The molecule has 1 aromatic rings. The van der Waals surface area contributed by atoms with Crippen molar-refractivity contribution in [3.8, 4) is 0 Å². The lowest BCUT2D eigenvalue weighted by atomic mass is 10.1. The molecule has 2 nitrogen and oxygen atoms in total. The maximum Gasteiger partial charge on any atom is 0.256 e. The summed E-state index contributed by atoms with van der Waals surface area (Å²) in [5.74, 6) is -0.637. The second kappa shape index (κ2) is 7.85. The Morgan fingerprint density at radius 1 is 1.17 bits per heavy atom. The fourth-order valence-corrected chi connectivity index (χ4v) is 1.94. The van der Waals surface area contributed by atoms with Crippen LogP contribution in [0.15, 0.2) is 24.3 Å². The van der Waals surface area contributed by atoms with Gasteiger partial charge in [-0.2, -0.15) is 0 Å². The number of halogens is 1. The van der Waals surface area contributed by atoms with Gasteiger partial charge in [0.15, 0.2) is 0 Å². The van der Waals surface area contributed by atoms with Gasteiger partial charge in [0, 0.05) is 13.1 Å². The summed E-state index contributed by atoms with van der Waals surface area (Å²) < 4.78 is 13.5. The number of hydrogen-bond donors (Lipinski definition) is 0. The summed E-state index contributed by atoms with van der Waals surface area (Å²) >= 11 is 0. The molecule has 0 fully saturated rings. The van der Waals surface area contributed by atoms with Gasteiger partial charge in [0.25, 0.3) is 5.91 Å². The zero-order chi connectivity index (χ0) is 13.4. The first-order chi connectivity index (χ1) is 8.70. The van der Waals surface area contributed by atoms with Crippen LogP contribution in [0.2, 0.25) is 0 Å². The van der Waals surface area contributed by atoms with Crippen LogP contribution in [0.5, 0.6) is 0 Å². The van der Waals surface area contributed by atoms with Crippen molar-refractivity contribution in [1.82, 2.24) is 4.90 Å². The fraction of sp³-hybridized carbons (Fsp3) is 0.533. The van der Waals surface area contributed by atoms with Gasteiger partial charge in [-0.1, -0.05) is 38.3 Å². The number of benzene rings is 1. The molecule has 0 aliphatic carbocycles. The highest BCUT2D eigenvalue weighted by molar-refractivity contribution is 5.94. The topological polar surface area (TPSA) is 20.3 Å². The number of rotatable bonds is 7. The standard InChI is InChI=1S/C15H22FNO/c1-3-5-6-9-12-17(4-2)15(18)13-10-7-8-11-14(13)16/h7-8,10-11H,3-6,9,12H2,1-2H3. The molecular formula is C15H22FNO. The lowest BCUT2D eigenvalue weighted by molar-refractivity contribution is 0.0757. The minimum atomic E-state index is -0.436. The molecule has 100 valence electrons. The highest BCUT2D eigenvalue weighted by Gasteiger charge is 2.16. The average molecular weight is 251 g/mol. The minimum Gasteiger partial charge on any atom is -0.339 e. The molecule has 0 heterocycles. The van der Waals surface area contributed by atoms with Crippen LogP contribution < -0.4 is 0 Å². The summed E-state index contributed by atoms with van der Waals surface area (Å²) in [6.07, 6.45) is 4.47. The molecule has 18 heavy (non-hydrogen) atoms. The first-order valence-corrected chi connectivity index (χ1v) is 6.74. The third kappa shape index (κ3) is 4.13. The van der Waals surface area contributed by atoms with Crippen molar-refractivity contribution >= 4 is 5.91 Å². The van der Waals surface area contributed by atoms with Crippen LogP contribution >= 0.6 is 0 Å². The molecule has 0 aliphatic heterocycles. The molecule has 1 amide bonds. The summed E-state index contributed by atoms with van der Waals surface area (Å²) in [6.45, 7) is 5.42. The molecule has 0 aliphatic rings. The largest absolute Gasteiger partial charge is 0.339 e. The summed E-state index contributed by atoms with van der Waals surface area (Å²) in [5.41, 5.74) is 0.176. The summed E-state index contributed by atoms with van der Waals surface area (Å²) in [6, 6.07) is 6.18. The van der Waals surface area contributed by atoms with Crippen molar-refractivity contribution in [3.63, 3.8) is 0 Å². The van der Waals surface area contributed by atoms with E-state index in [1.807, 2.05) is 6.92 Å². The third-order valence-electron chi connectivity index (χ3n) is 3.05. The lowest BCUT2D eigenvalue weighted by Crippen LogP contribution is -2.32. The van der Waals surface area contributed by atoms with E-state index >= 15 is 0 Å². The second-order valence-electron chi connectivity index (χ2n) is 4.43. The summed E-state index contributed by atoms with van der Waals surface area (Å²) in [7, 11) is 0. The van der Waals surface area contributed by atoms with Crippen LogP contribution in [0.25, 0.3) is 0 Å². The van der Waals surface area contributed by atoms with Crippen molar-refractivity contribution in [3.05, 3.63) is 35.6 Å². The number of unbranched alkanes of at least 4 members (excludes halogenated alkanes) is 3. The Bertz CT molecular complexity index is 379. The van der Waals surface area contributed by atoms with Crippen LogP contribution in [0.1, 0.15) is 49.9 Å². The SMILES string of the molecule is CCCCCCN(CC)C(=O)c1ccccc1F. The van der Waals surface area contributed by atoms with E-state index in [-0.39, 0.29) is 11.5 Å². The molecule has 0 radical (unpaired) electrons. The molecule has 0 saturated heterocycles. The number of hydrogen-bond acceptors (Lipinski definition) is 1. The van der Waals surface area contributed by atoms with E-state index in [4.69, 9.17) is 0 Å². The first kappa shape index (κ1) is 14.7. The Labute approximate surface area is 109 Å². The van der Waals surface area contributed by atoms with Gasteiger partial charge in [-0.05, 0) is 25.5 Å². The van der Waals surface area contributed by atoms with Gasteiger partial charge in [-0.15, -0.1) is 0 Å². The Kier molecular flexibility index (Phi) is 6.40. The highest BCUT2D eigenvalue weighted by atomic mass is 19.1. The van der Waals surface area contributed by atoms with E-state index in [1.165, 1.54) is 18.9 Å². The summed E-state index contributed by atoms with van der Waals surface area (Å²) in [4.78, 5) is 13.9. The van der Waals surface area contributed by atoms with Crippen molar-refractivity contribution in [2.75, 3.05) is 13.1 Å². The number of carbonyl (C=O) groups excluding carboxylic acids is 1. The Morgan fingerprint density at radius 2 is 1.89 bits per heavy atom. The average Bonchev–Trinajstić information content (AvgIpc) is 2.39. The first-order valence-electron chi connectivity index (χ1n) is 6.74. The summed E-state index contributed by atoms with van der Waals surface area (Å²) in [5, 5.41) is 0. The van der Waals surface area contributed by atoms with Crippen molar-refractivity contribution in [2.24, 2.45) is 0 Å². The molecule has 1 aromatic carbocycles. The van der Waals surface area contributed by atoms with Crippen molar-refractivity contribution in [2.45, 2.75) is 39.5 Å². The Morgan fingerprint density at radius 3 is 2.50 bits per heavy atom. The van der Waals surface area contributed by atoms with E-state index in [1.54, 1.807) is 23.1 Å². The normalized spacial score (nSPS) is 10.4. The van der Waals surface area contributed by atoms with Gasteiger partial charge < -0.3 is 4.90 Å². The van der Waals surface area contributed by atoms with Gasteiger partial charge in [0.1, 0.15) is 5.82 Å². The monoisotopic (exact) mass is 251 g/mol. The molecule has 0 N–H and O–H groups in total. The molecular weight excluding hydrogens is 229 g/mol. The maximum absolute atomic E-state index is 13.5. The highest BCUT2D eigenvalue weighted by Crippen LogP contribution is 2.11. The smallest absolute Gasteiger partial charge is 0.256 e. The van der Waals surface area contributed by atoms with E-state index in [0.29, 0.717) is 13.1 Å². The fourth-order valence-electron chi connectivity index (χ4n) is 1.94. The predicted octanol–water partition coefficient (Wildman–Crippen LogP) is 3.87. The number of nitrogens with zero attached hydrogens (tertiary/aromatic N) is 1. The van der Waals surface area contributed by atoms with Gasteiger partial charge >= 0.3 is 0 Å². The molecule has 0 atom stereocenters. The van der Waals surface area contributed by atoms with Gasteiger partial charge in [-0.25, -0.2) is 4.39 Å². The zero-order valence-corrected chi connectivity index (χ0v) is 11.3. The van der Waals surface area contributed by atoms with Gasteiger partial charge in [0.2, 0.25) is 0 Å². The van der Waals surface area contributed by atoms with E-state index < -0.39 is 5.82 Å². The minimum absolute atomic E-state index is 0.176. The van der Waals surface area contributed by atoms with Crippen LogP contribution in [-0.2, 0) is 0 Å². The molecule has 0 unspecified atom stereocenters. The Hall–Kier alpha value is -1.38. The van der Waals surface area contributed by atoms with Crippen molar-refractivity contribution in [1.29, 1.82) is 0 Å². The molecule has 0 aromatic heterocycles. The van der Waals surface area contributed by atoms with Crippen LogP contribution in [0.3, 0.4) is 0 Å². The molecule has 0 bridgehead atoms. The number of amides is 1. The molecule has 0 saturated carbocycles. The molecule has 1 rings (SSSR count). The van der Waals surface area contributed by atoms with Crippen molar-refractivity contribution < 1.29 is 9.18 Å². The molecule has 3 heteroatoms. The van der Waals surface area contributed by atoms with E-state index in [0.717, 1.165) is 12.8 Å². The number of carbonyl (C=O) groups is 1. The van der Waals surface area contributed by atoms with Gasteiger partial charge in [-0.3, -0.25) is 4.79 Å². The quantitative estimate of drug-likeness (QED) is 0.674. The molecule has 0 spiro atoms. The third-order valence-corrected chi connectivity index (χ3v) is 3.05. The van der Waals surface area contributed by atoms with Gasteiger partial charge in [0.05, 0.1) is 5.56 Å². The second-order valence-corrected chi connectivity index (χ2v) is 4.43. The van der Waals surface area contributed by atoms with E-state index in [9.17, 15) is 9.18 Å². The lowest BCUT2D eigenvalue weighted by Gasteiger charge is -2.21. The van der Waals surface area contributed by atoms with E-state index in [2.05, 4.69) is 6.92 Å². The van der Waals surface area contributed by atoms with Crippen LogP contribution in [0.4, 0.5) is 4.39 Å². The Balaban J connectivity index is 2.59. The zero-order valence-electron chi connectivity index (χ0n) is 11.3. The van der Waals surface area contributed by atoms with Crippen LogP contribution in [0, 0.1) is 5.82 Å². The van der Waals surface area contributed by atoms with Crippen LogP contribution in [-0.4, -0.2) is 23.9 Å².